The maximum Gasteiger partial charge on any atom is 0.257 e. The number of H-pyrrole nitrogens is 1. The van der Waals surface area contributed by atoms with Gasteiger partial charge in [0.2, 0.25) is 0 Å². The summed E-state index contributed by atoms with van der Waals surface area (Å²) in [5, 5.41) is 1.40. The number of hydrogen-bond acceptors (Lipinski definition) is 4. The van der Waals surface area contributed by atoms with E-state index in [0.717, 1.165) is 24.6 Å². The highest BCUT2D eigenvalue weighted by atomic mass is 16.1. The van der Waals surface area contributed by atoms with E-state index in [9.17, 15) is 4.79 Å². The molecule has 3 N–H and O–H groups in total. The molecule has 0 radical (unpaired) electrons. The molecule has 1 atom stereocenters. The number of nitrogens with one attached hydrogen (secondary N) is 1. The summed E-state index contributed by atoms with van der Waals surface area (Å²) in [6.45, 7) is 8.17. The molecule has 0 spiro atoms. The number of rotatable bonds is 4. The Morgan fingerprint density at radius 1 is 1.52 bits per heavy atom. The van der Waals surface area contributed by atoms with Crippen molar-refractivity contribution in [3.8, 4) is 0 Å². The van der Waals surface area contributed by atoms with E-state index < -0.39 is 0 Å². The van der Waals surface area contributed by atoms with Gasteiger partial charge in [-0.3, -0.25) is 14.8 Å². The first kappa shape index (κ1) is 17.2. The lowest BCUT2D eigenvalue weighted by Gasteiger charge is -2.13. The zero-order valence-electron chi connectivity index (χ0n) is 14.4. The van der Waals surface area contributed by atoms with Crippen LogP contribution >= 0.6 is 0 Å². The quantitative estimate of drug-likeness (QED) is 0.826. The molecule has 0 saturated carbocycles. The van der Waals surface area contributed by atoms with E-state index >= 15 is 0 Å². The molecule has 1 aromatic rings. The first-order valence-electron chi connectivity index (χ1n) is 8.13. The van der Waals surface area contributed by atoms with Gasteiger partial charge in [0.05, 0.1) is 27.9 Å². The zero-order valence-corrected chi connectivity index (χ0v) is 14.4. The van der Waals surface area contributed by atoms with E-state index in [2.05, 4.69) is 16.9 Å². The van der Waals surface area contributed by atoms with Crippen molar-refractivity contribution in [2.24, 2.45) is 15.7 Å². The van der Waals surface area contributed by atoms with Crippen LogP contribution in [0, 0.1) is 0 Å². The van der Waals surface area contributed by atoms with Crippen LogP contribution in [0.25, 0.3) is 11.6 Å². The first-order valence-corrected chi connectivity index (χ1v) is 8.13. The Kier molecular flexibility index (Phi) is 5.19. The number of aromatic nitrogens is 1. The van der Waals surface area contributed by atoms with Gasteiger partial charge in [0, 0.05) is 18.0 Å². The molecule has 0 fully saturated rings. The van der Waals surface area contributed by atoms with Crippen LogP contribution in [0.15, 0.2) is 27.0 Å². The number of aromatic amines is 1. The highest BCUT2D eigenvalue weighted by Gasteiger charge is 2.12. The predicted molar refractivity (Wildman–Crippen MR) is 96.0 cm³/mol. The average molecular weight is 314 g/mol. The summed E-state index contributed by atoms with van der Waals surface area (Å²) in [6, 6.07) is 2.15. The molecule has 2 heterocycles. The summed E-state index contributed by atoms with van der Waals surface area (Å²) in [5.41, 5.74) is 6.73. The molecule has 5 heteroatoms. The molecule has 23 heavy (non-hydrogen) atoms. The highest BCUT2D eigenvalue weighted by molar-refractivity contribution is 6.08. The fourth-order valence-electron chi connectivity index (χ4n) is 2.50. The van der Waals surface area contributed by atoms with E-state index in [1.165, 1.54) is 6.20 Å². The number of aliphatic imine (C=N–C) groups is 1. The van der Waals surface area contributed by atoms with E-state index in [1.54, 1.807) is 6.21 Å². The third-order valence-corrected chi connectivity index (χ3v) is 3.67. The summed E-state index contributed by atoms with van der Waals surface area (Å²) >= 11 is 0. The van der Waals surface area contributed by atoms with E-state index in [1.807, 2.05) is 32.9 Å². The summed E-state index contributed by atoms with van der Waals surface area (Å²) in [4.78, 5) is 24.4. The summed E-state index contributed by atoms with van der Waals surface area (Å²) in [6.07, 6.45) is 8.09. The highest BCUT2D eigenvalue weighted by Crippen LogP contribution is 2.11. The molecule has 1 unspecified atom stereocenters. The van der Waals surface area contributed by atoms with E-state index in [0.29, 0.717) is 16.5 Å². The second-order valence-electron chi connectivity index (χ2n) is 6.87. The van der Waals surface area contributed by atoms with Gasteiger partial charge in [-0.2, -0.15) is 0 Å². The Morgan fingerprint density at radius 2 is 2.26 bits per heavy atom. The predicted octanol–water partition coefficient (Wildman–Crippen LogP) is 1.52. The summed E-state index contributed by atoms with van der Waals surface area (Å²) < 4.78 is 0. The lowest BCUT2D eigenvalue weighted by molar-refractivity contribution is 0.587. The second kappa shape index (κ2) is 6.94. The molecular formula is C18H26N4O. The number of hydrogen-bond donors (Lipinski definition) is 2. The summed E-state index contributed by atoms with van der Waals surface area (Å²) in [5.74, 6) is 0. The number of nitrogens with zero attached hydrogens (tertiary/aromatic N) is 2. The van der Waals surface area contributed by atoms with Gasteiger partial charge in [-0.15, -0.1) is 0 Å². The largest absolute Gasteiger partial charge is 0.404 e. The molecule has 0 amide bonds. The Labute approximate surface area is 136 Å². The van der Waals surface area contributed by atoms with Crippen molar-refractivity contribution in [2.45, 2.75) is 58.5 Å². The lowest BCUT2D eigenvalue weighted by Crippen LogP contribution is -2.44. The van der Waals surface area contributed by atoms with Gasteiger partial charge in [-0.25, -0.2) is 0 Å². The Bertz CT molecular complexity index is 794. The summed E-state index contributed by atoms with van der Waals surface area (Å²) in [7, 11) is 0. The molecule has 0 saturated heterocycles. The Morgan fingerprint density at radius 3 is 2.87 bits per heavy atom. The van der Waals surface area contributed by atoms with Crippen LogP contribution in [0.1, 0.15) is 52.7 Å². The first-order chi connectivity index (χ1) is 10.8. The van der Waals surface area contributed by atoms with Crippen molar-refractivity contribution in [3.05, 3.63) is 38.9 Å². The topological polar surface area (TPSA) is 83.6 Å². The fourth-order valence-corrected chi connectivity index (χ4v) is 2.50. The van der Waals surface area contributed by atoms with Gasteiger partial charge in [0.15, 0.2) is 0 Å². The molecular weight excluding hydrogens is 288 g/mol. The van der Waals surface area contributed by atoms with Crippen molar-refractivity contribution >= 4 is 17.9 Å². The Hall–Kier alpha value is -2.17. The molecule has 0 aromatic carbocycles. The van der Waals surface area contributed by atoms with Crippen LogP contribution < -0.4 is 21.9 Å². The van der Waals surface area contributed by atoms with Gasteiger partial charge >= 0.3 is 0 Å². The van der Waals surface area contributed by atoms with Gasteiger partial charge in [0.1, 0.15) is 0 Å². The number of fused-ring (bicyclic) bond motifs is 1. The lowest BCUT2D eigenvalue weighted by atomic mass is 10.0. The smallest absolute Gasteiger partial charge is 0.257 e. The van der Waals surface area contributed by atoms with Crippen molar-refractivity contribution in [3.63, 3.8) is 0 Å². The van der Waals surface area contributed by atoms with Gasteiger partial charge < -0.3 is 10.7 Å². The maximum atomic E-state index is 12.3. The minimum absolute atomic E-state index is 0.125. The Balaban J connectivity index is 2.49. The normalized spacial score (nSPS) is 18.4. The van der Waals surface area contributed by atoms with Crippen LogP contribution in [-0.4, -0.2) is 22.8 Å². The number of nitrogens with two attached hydrogens (primary N) is 1. The van der Waals surface area contributed by atoms with Crippen LogP contribution in [0.3, 0.4) is 0 Å². The third-order valence-electron chi connectivity index (χ3n) is 3.67. The van der Waals surface area contributed by atoms with Crippen LogP contribution in [0.5, 0.6) is 0 Å². The second-order valence-corrected chi connectivity index (χ2v) is 6.87. The minimum Gasteiger partial charge on any atom is -0.404 e. The standard InChI is InChI=1S/C18H26N4O/c1-5-6-13-7-8-14-16(21-13)9-15(22-17(14)23)12(10-19)11-20-18(2,3)4/h8-11,13H,5-7,19H2,1-4H3,(H,22,23). The van der Waals surface area contributed by atoms with Gasteiger partial charge in [0.25, 0.3) is 5.56 Å². The van der Waals surface area contributed by atoms with Gasteiger partial charge in [-0.1, -0.05) is 19.4 Å². The molecule has 5 nitrogen and oxygen atoms in total. The SMILES string of the molecule is CCCC1CC=c2c(cc(C(C=NC(C)(C)C)=CN)[nH]c2=O)=N1. The van der Waals surface area contributed by atoms with Crippen LogP contribution in [0.4, 0.5) is 0 Å². The van der Waals surface area contributed by atoms with Crippen LogP contribution in [0.2, 0.25) is 0 Å². The average Bonchev–Trinajstić information content (AvgIpc) is 2.47. The van der Waals surface area contributed by atoms with E-state index in [4.69, 9.17) is 10.7 Å². The van der Waals surface area contributed by atoms with E-state index in [-0.39, 0.29) is 17.1 Å². The molecule has 2 rings (SSSR count). The zero-order chi connectivity index (χ0) is 17.0. The van der Waals surface area contributed by atoms with Crippen molar-refractivity contribution in [1.82, 2.24) is 4.98 Å². The minimum atomic E-state index is -0.201. The van der Waals surface area contributed by atoms with Crippen LogP contribution in [-0.2, 0) is 0 Å². The molecule has 124 valence electrons. The maximum absolute atomic E-state index is 12.3. The monoisotopic (exact) mass is 314 g/mol. The van der Waals surface area contributed by atoms with Gasteiger partial charge in [-0.05, 0) is 39.7 Å². The molecule has 0 aliphatic carbocycles. The number of allylic oxidation sites excluding steroid dienone is 1. The molecule has 1 aliphatic heterocycles. The molecule has 0 bridgehead atoms. The number of pyridine rings is 1. The molecule has 1 aromatic heterocycles. The van der Waals surface area contributed by atoms with Crippen molar-refractivity contribution in [1.29, 1.82) is 0 Å². The third kappa shape index (κ3) is 4.41. The fraction of sp³-hybridized carbons (Fsp3) is 0.500. The molecule has 1 aliphatic rings. The van der Waals surface area contributed by atoms with Crippen molar-refractivity contribution in [2.75, 3.05) is 0 Å². The van der Waals surface area contributed by atoms with Crippen molar-refractivity contribution < 1.29 is 0 Å².